The van der Waals surface area contributed by atoms with Crippen LogP contribution in [0.5, 0.6) is 17.2 Å². The van der Waals surface area contributed by atoms with E-state index in [0.717, 1.165) is 0 Å². The lowest BCUT2D eigenvalue weighted by Crippen LogP contribution is -2.32. The third-order valence-electron chi connectivity index (χ3n) is 5.30. The second-order valence-electron chi connectivity index (χ2n) is 7.79. The van der Waals surface area contributed by atoms with Crippen LogP contribution in [0.1, 0.15) is 31.0 Å². The molecule has 0 radical (unpaired) electrons. The lowest BCUT2D eigenvalue weighted by Gasteiger charge is -2.25. The quantitative estimate of drug-likeness (QED) is 0.351. The van der Waals surface area contributed by atoms with Crippen molar-refractivity contribution in [3.05, 3.63) is 59.2 Å². The van der Waals surface area contributed by atoms with Gasteiger partial charge in [0, 0.05) is 19.2 Å². The summed E-state index contributed by atoms with van der Waals surface area (Å²) >= 11 is 0. The number of hydrogen-bond donors (Lipinski definition) is 1. The minimum Gasteiger partial charge on any atom is -0.507 e. The van der Waals surface area contributed by atoms with E-state index in [2.05, 4.69) is 0 Å². The number of ether oxygens (including phenoxy) is 4. The molecule has 1 N–H and O–H groups in total. The zero-order valence-electron chi connectivity index (χ0n) is 19.5. The Kier molecular flexibility index (Phi) is 7.60. The number of amides is 1. The highest BCUT2D eigenvalue weighted by Gasteiger charge is 2.46. The number of ketones is 1. The highest BCUT2D eigenvalue weighted by atomic mass is 16.5. The molecule has 0 aromatic heterocycles. The summed E-state index contributed by atoms with van der Waals surface area (Å²) < 4.78 is 21.5. The number of likely N-dealkylation sites (tertiary alicyclic amines) is 1. The predicted octanol–water partition coefficient (Wildman–Crippen LogP) is 3.56. The van der Waals surface area contributed by atoms with Gasteiger partial charge in [0.1, 0.15) is 11.5 Å². The van der Waals surface area contributed by atoms with E-state index in [9.17, 15) is 14.7 Å². The second-order valence-corrected chi connectivity index (χ2v) is 7.79. The second kappa shape index (κ2) is 10.4. The molecule has 1 unspecified atom stereocenters. The fourth-order valence-corrected chi connectivity index (χ4v) is 3.79. The summed E-state index contributed by atoms with van der Waals surface area (Å²) in [6.07, 6.45) is 0.000563. The van der Waals surface area contributed by atoms with Crippen LogP contribution < -0.4 is 14.2 Å². The van der Waals surface area contributed by atoms with Gasteiger partial charge in [0.2, 0.25) is 0 Å². The molecule has 3 rings (SSSR count). The van der Waals surface area contributed by atoms with E-state index < -0.39 is 17.7 Å². The smallest absolute Gasteiger partial charge is 0.295 e. The molecule has 176 valence electrons. The first-order chi connectivity index (χ1) is 15.8. The number of hydrogen-bond acceptors (Lipinski definition) is 7. The molecular formula is C25H29NO7. The van der Waals surface area contributed by atoms with Crippen molar-refractivity contribution in [3.8, 4) is 17.2 Å². The van der Waals surface area contributed by atoms with E-state index in [0.29, 0.717) is 28.4 Å². The summed E-state index contributed by atoms with van der Waals surface area (Å²) in [7, 11) is 4.54. The van der Waals surface area contributed by atoms with Crippen molar-refractivity contribution in [2.75, 3.05) is 34.5 Å². The first-order valence-corrected chi connectivity index (χ1v) is 10.6. The van der Waals surface area contributed by atoms with Crippen molar-refractivity contribution in [1.29, 1.82) is 0 Å². The Bertz CT molecular complexity index is 1040. The summed E-state index contributed by atoms with van der Waals surface area (Å²) in [5.74, 6) is -0.125. The van der Waals surface area contributed by atoms with Gasteiger partial charge in [-0.3, -0.25) is 9.59 Å². The molecule has 1 aliphatic rings. The summed E-state index contributed by atoms with van der Waals surface area (Å²) in [4.78, 5) is 27.3. The summed E-state index contributed by atoms with van der Waals surface area (Å²) in [6, 6.07) is 11.0. The fourth-order valence-electron chi connectivity index (χ4n) is 3.79. The van der Waals surface area contributed by atoms with E-state index in [1.165, 1.54) is 26.2 Å². The van der Waals surface area contributed by atoms with Gasteiger partial charge in [0.15, 0.2) is 11.5 Å². The number of Topliss-reactive ketones (excluding diaryl/α,β-unsaturated/α-hetero) is 1. The van der Waals surface area contributed by atoms with Crippen LogP contribution in [-0.4, -0.2) is 62.3 Å². The molecule has 0 spiro atoms. The lowest BCUT2D eigenvalue weighted by atomic mass is 9.95. The van der Waals surface area contributed by atoms with Crippen LogP contribution in [0.4, 0.5) is 0 Å². The van der Waals surface area contributed by atoms with Gasteiger partial charge in [-0.1, -0.05) is 6.07 Å². The molecule has 2 aromatic carbocycles. The molecule has 1 atom stereocenters. The number of carbonyl (C=O) groups is 2. The molecule has 0 aliphatic carbocycles. The van der Waals surface area contributed by atoms with Gasteiger partial charge in [-0.15, -0.1) is 0 Å². The third-order valence-corrected chi connectivity index (χ3v) is 5.30. The van der Waals surface area contributed by atoms with E-state index in [1.807, 2.05) is 13.8 Å². The van der Waals surface area contributed by atoms with E-state index in [1.54, 1.807) is 42.5 Å². The number of nitrogens with zero attached hydrogens (tertiary/aromatic N) is 1. The summed E-state index contributed by atoms with van der Waals surface area (Å²) in [6.45, 7) is 4.24. The maximum Gasteiger partial charge on any atom is 0.295 e. The maximum atomic E-state index is 13.0. The van der Waals surface area contributed by atoms with Gasteiger partial charge in [-0.25, -0.2) is 0 Å². The fraction of sp³-hybridized carbons (Fsp3) is 0.360. The van der Waals surface area contributed by atoms with Gasteiger partial charge in [0.05, 0.1) is 38.5 Å². The molecule has 8 heteroatoms. The average molecular weight is 456 g/mol. The van der Waals surface area contributed by atoms with E-state index >= 15 is 0 Å². The van der Waals surface area contributed by atoms with E-state index in [-0.39, 0.29) is 30.6 Å². The Morgan fingerprint density at radius 3 is 2.24 bits per heavy atom. The molecule has 1 heterocycles. The molecule has 1 aliphatic heterocycles. The zero-order valence-corrected chi connectivity index (χ0v) is 19.5. The Labute approximate surface area is 193 Å². The van der Waals surface area contributed by atoms with Gasteiger partial charge in [-0.05, 0) is 55.8 Å². The minimum absolute atomic E-state index is 0.000563. The number of carbonyl (C=O) groups excluding carboxylic acids is 2. The van der Waals surface area contributed by atoms with Gasteiger partial charge in [-0.2, -0.15) is 0 Å². The van der Waals surface area contributed by atoms with Crippen LogP contribution in [0.15, 0.2) is 48.0 Å². The first-order valence-electron chi connectivity index (χ1n) is 10.6. The SMILES string of the molecule is COCCN1C(=O)C(=O)C(=C(O)c2ccc(OC(C)C)cc2)C1c1ccc(OC)c(OC)c1. The molecular weight excluding hydrogens is 426 g/mol. The minimum atomic E-state index is -0.813. The number of rotatable bonds is 9. The number of aliphatic hydroxyl groups excluding tert-OH is 1. The first kappa shape index (κ1) is 24.1. The van der Waals surface area contributed by atoms with Crippen LogP contribution in [0.3, 0.4) is 0 Å². The molecule has 1 saturated heterocycles. The monoisotopic (exact) mass is 455 g/mol. The molecule has 2 aromatic rings. The Hall–Kier alpha value is -3.52. The van der Waals surface area contributed by atoms with Crippen molar-refractivity contribution in [1.82, 2.24) is 4.90 Å². The molecule has 8 nitrogen and oxygen atoms in total. The Morgan fingerprint density at radius 2 is 1.67 bits per heavy atom. The Morgan fingerprint density at radius 1 is 1.00 bits per heavy atom. The third kappa shape index (κ3) is 4.96. The van der Waals surface area contributed by atoms with Crippen LogP contribution in [0, 0.1) is 0 Å². The maximum absolute atomic E-state index is 13.0. The lowest BCUT2D eigenvalue weighted by molar-refractivity contribution is -0.140. The van der Waals surface area contributed by atoms with Gasteiger partial charge in [0.25, 0.3) is 11.7 Å². The van der Waals surface area contributed by atoms with Crippen molar-refractivity contribution in [2.45, 2.75) is 26.0 Å². The average Bonchev–Trinajstić information content (AvgIpc) is 3.06. The Balaban J connectivity index is 2.12. The van der Waals surface area contributed by atoms with Crippen LogP contribution in [0.25, 0.3) is 5.76 Å². The van der Waals surface area contributed by atoms with Crippen LogP contribution in [0.2, 0.25) is 0 Å². The van der Waals surface area contributed by atoms with Gasteiger partial charge < -0.3 is 29.0 Å². The van der Waals surface area contributed by atoms with Gasteiger partial charge >= 0.3 is 0 Å². The van der Waals surface area contributed by atoms with Crippen molar-refractivity contribution < 1.29 is 33.6 Å². The number of methoxy groups -OCH3 is 3. The molecule has 0 bridgehead atoms. The van der Waals surface area contributed by atoms with Crippen molar-refractivity contribution in [3.63, 3.8) is 0 Å². The standard InChI is InChI=1S/C25H29NO7/c1-15(2)33-18-9-6-16(7-10-18)23(27)21-22(26(12-13-30-3)25(29)24(21)28)17-8-11-19(31-4)20(14-17)32-5/h6-11,14-15,22,27H,12-13H2,1-5H3. The molecule has 33 heavy (non-hydrogen) atoms. The van der Waals surface area contributed by atoms with Crippen LogP contribution >= 0.6 is 0 Å². The molecule has 1 fully saturated rings. The normalized spacial score (nSPS) is 17.5. The zero-order chi connectivity index (χ0) is 24.1. The number of aliphatic hydroxyl groups is 1. The van der Waals surface area contributed by atoms with Crippen LogP contribution in [-0.2, 0) is 14.3 Å². The van der Waals surface area contributed by atoms with Crippen molar-refractivity contribution >= 4 is 17.4 Å². The molecule has 1 amide bonds. The largest absolute Gasteiger partial charge is 0.507 e. The number of benzene rings is 2. The van der Waals surface area contributed by atoms with Crippen molar-refractivity contribution in [2.24, 2.45) is 0 Å². The van der Waals surface area contributed by atoms with E-state index in [4.69, 9.17) is 18.9 Å². The molecule has 0 saturated carbocycles. The highest BCUT2D eigenvalue weighted by molar-refractivity contribution is 6.46. The highest BCUT2D eigenvalue weighted by Crippen LogP contribution is 2.41. The topological polar surface area (TPSA) is 94.5 Å². The predicted molar refractivity (Wildman–Crippen MR) is 123 cm³/mol. The summed E-state index contributed by atoms with van der Waals surface area (Å²) in [5, 5.41) is 11.1. The summed E-state index contributed by atoms with van der Waals surface area (Å²) in [5.41, 5.74) is 1.01.